The number of aromatic nitrogens is 3. The lowest BCUT2D eigenvalue weighted by atomic mass is 10.3. The minimum atomic E-state index is -0.437. The van der Waals surface area contributed by atoms with E-state index in [1.54, 1.807) is 65.6 Å². The zero-order valence-corrected chi connectivity index (χ0v) is 24.8. The lowest BCUT2D eigenvalue weighted by molar-refractivity contribution is -0.121. The Balaban J connectivity index is 1.54. The molecule has 0 saturated heterocycles. The van der Waals surface area contributed by atoms with Crippen LogP contribution in [-0.4, -0.2) is 81.9 Å². The Kier molecular flexibility index (Phi) is 10.7. The highest BCUT2D eigenvalue weighted by Crippen LogP contribution is 2.19. The largest absolute Gasteiger partial charge is 0.356 e. The second kappa shape index (κ2) is 14.2. The Morgan fingerprint density at radius 3 is 1.57 bits per heavy atom. The molecule has 3 rings (SSSR count). The summed E-state index contributed by atoms with van der Waals surface area (Å²) in [6.45, 7) is 3.02. The topological polar surface area (TPSA) is 164 Å². The van der Waals surface area contributed by atoms with Crippen LogP contribution in [0.3, 0.4) is 0 Å². The maximum absolute atomic E-state index is 13.0. The van der Waals surface area contributed by atoms with Gasteiger partial charge in [-0.2, -0.15) is 0 Å². The normalized spacial score (nSPS) is 10.8. The molecule has 0 saturated carbocycles. The van der Waals surface area contributed by atoms with Crippen molar-refractivity contribution in [2.24, 2.45) is 21.1 Å². The highest BCUT2D eigenvalue weighted by Gasteiger charge is 2.18. The van der Waals surface area contributed by atoms with Crippen molar-refractivity contribution in [1.29, 1.82) is 0 Å². The zero-order chi connectivity index (χ0) is 31.0. The van der Waals surface area contributed by atoms with Crippen LogP contribution in [0, 0.1) is 0 Å². The molecule has 3 aromatic heterocycles. The first kappa shape index (κ1) is 31.7. The average Bonchev–Trinajstić information content (AvgIpc) is 3.56. The summed E-state index contributed by atoms with van der Waals surface area (Å²) in [5.74, 6) is -1.60. The third kappa shape index (κ3) is 8.83. The highest BCUT2D eigenvalue weighted by molar-refractivity contribution is 6.07. The first-order chi connectivity index (χ1) is 19.8. The van der Waals surface area contributed by atoms with E-state index in [0.29, 0.717) is 35.0 Å². The number of anilines is 3. The molecule has 226 valence electrons. The molecule has 0 bridgehead atoms. The Morgan fingerprint density at radius 2 is 1.12 bits per heavy atom. The second-order valence-electron chi connectivity index (χ2n) is 10.3. The number of hydrogen-bond acceptors (Lipinski definition) is 6. The minimum Gasteiger partial charge on any atom is -0.356 e. The molecular weight excluding hydrogens is 542 g/mol. The summed E-state index contributed by atoms with van der Waals surface area (Å²) in [5.41, 5.74) is 2.23. The molecule has 0 spiro atoms. The maximum atomic E-state index is 13.0. The van der Waals surface area contributed by atoms with Crippen LogP contribution in [0.15, 0.2) is 36.8 Å². The Bertz CT molecular complexity index is 1460. The fourth-order valence-electron chi connectivity index (χ4n) is 4.26. The number of amides is 5. The van der Waals surface area contributed by atoms with Crippen LogP contribution >= 0.6 is 0 Å². The summed E-state index contributed by atoms with van der Waals surface area (Å²) in [7, 11) is 8.97. The Hall–Kier alpha value is -4.85. The molecule has 42 heavy (non-hydrogen) atoms. The molecule has 0 radical (unpaired) electrons. The quantitative estimate of drug-likeness (QED) is 0.191. The first-order valence-corrected chi connectivity index (χ1v) is 13.4. The molecule has 3 aromatic rings. The summed E-state index contributed by atoms with van der Waals surface area (Å²) in [6.07, 6.45) is 5.84. The summed E-state index contributed by atoms with van der Waals surface area (Å²) in [4.78, 5) is 63.8. The van der Waals surface area contributed by atoms with Crippen molar-refractivity contribution in [2.75, 3.05) is 49.7 Å². The molecule has 0 aliphatic carbocycles. The highest BCUT2D eigenvalue weighted by atomic mass is 16.2. The lowest BCUT2D eigenvalue weighted by Crippen LogP contribution is -2.32. The van der Waals surface area contributed by atoms with Gasteiger partial charge >= 0.3 is 0 Å². The van der Waals surface area contributed by atoms with Crippen LogP contribution in [-0.2, 0) is 30.7 Å². The molecular formula is C28H39N9O5. The van der Waals surface area contributed by atoms with E-state index in [9.17, 15) is 24.0 Å². The number of nitrogens with zero attached hydrogens (tertiary/aromatic N) is 4. The van der Waals surface area contributed by atoms with Gasteiger partial charge in [-0.15, -0.1) is 0 Å². The van der Waals surface area contributed by atoms with Gasteiger partial charge in [-0.05, 0) is 45.3 Å². The second-order valence-corrected chi connectivity index (χ2v) is 10.3. The van der Waals surface area contributed by atoms with E-state index >= 15 is 0 Å². The van der Waals surface area contributed by atoms with Gasteiger partial charge in [0.25, 0.3) is 17.7 Å². The van der Waals surface area contributed by atoms with Crippen LogP contribution in [0.5, 0.6) is 0 Å². The predicted molar refractivity (Wildman–Crippen MR) is 160 cm³/mol. The van der Waals surface area contributed by atoms with Crippen LogP contribution in [0.2, 0.25) is 0 Å². The van der Waals surface area contributed by atoms with Crippen molar-refractivity contribution in [1.82, 2.24) is 29.2 Å². The monoisotopic (exact) mass is 581 g/mol. The average molecular weight is 582 g/mol. The molecule has 0 aliphatic heterocycles. The zero-order valence-electron chi connectivity index (χ0n) is 24.8. The van der Waals surface area contributed by atoms with Gasteiger partial charge in [0.2, 0.25) is 11.8 Å². The van der Waals surface area contributed by atoms with Crippen molar-refractivity contribution in [3.8, 4) is 0 Å². The summed E-state index contributed by atoms with van der Waals surface area (Å²) in [5, 5.41) is 13.7. The minimum absolute atomic E-state index is 0.134. The van der Waals surface area contributed by atoms with Crippen molar-refractivity contribution in [2.45, 2.75) is 19.8 Å². The van der Waals surface area contributed by atoms with E-state index in [1.165, 1.54) is 13.0 Å². The van der Waals surface area contributed by atoms with Crippen molar-refractivity contribution >= 4 is 46.6 Å². The number of carbonyl (C=O) groups is 5. The number of hydrogen-bond donors (Lipinski definition) is 5. The third-order valence-corrected chi connectivity index (χ3v) is 6.29. The van der Waals surface area contributed by atoms with Crippen LogP contribution in [0.4, 0.5) is 17.1 Å². The molecule has 5 amide bonds. The van der Waals surface area contributed by atoms with Crippen LogP contribution in [0.1, 0.15) is 51.2 Å². The van der Waals surface area contributed by atoms with E-state index in [4.69, 9.17) is 0 Å². The van der Waals surface area contributed by atoms with Gasteiger partial charge in [-0.1, -0.05) is 0 Å². The number of carbonyl (C=O) groups excluding carboxylic acids is 5. The van der Waals surface area contributed by atoms with E-state index in [2.05, 4.69) is 26.6 Å². The number of aryl methyl sites for hydroxylation is 3. The molecule has 0 atom stereocenters. The Labute approximate surface area is 244 Å². The molecule has 14 nitrogen and oxygen atoms in total. The van der Waals surface area contributed by atoms with E-state index in [-0.39, 0.29) is 36.4 Å². The van der Waals surface area contributed by atoms with Crippen LogP contribution in [0.25, 0.3) is 0 Å². The number of nitrogens with one attached hydrogen (secondary N) is 5. The van der Waals surface area contributed by atoms with E-state index in [0.717, 1.165) is 13.0 Å². The summed E-state index contributed by atoms with van der Waals surface area (Å²) < 4.78 is 4.74. The van der Waals surface area contributed by atoms with Gasteiger partial charge in [0, 0.05) is 66.2 Å². The fourth-order valence-corrected chi connectivity index (χ4v) is 4.26. The van der Waals surface area contributed by atoms with Gasteiger partial charge in [0.05, 0.1) is 17.1 Å². The van der Waals surface area contributed by atoms with Crippen molar-refractivity contribution < 1.29 is 24.0 Å². The van der Waals surface area contributed by atoms with Gasteiger partial charge in [-0.25, -0.2) is 0 Å². The van der Waals surface area contributed by atoms with Gasteiger partial charge in [0.1, 0.15) is 17.1 Å². The molecule has 5 N–H and O–H groups in total. The molecule has 0 unspecified atom stereocenters. The van der Waals surface area contributed by atoms with Crippen molar-refractivity contribution in [3.63, 3.8) is 0 Å². The van der Waals surface area contributed by atoms with Gasteiger partial charge < -0.3 is 45.2 Å². The van der Waals surface area contributed by atoms with Gasteiger partial charge in [0.15, 0.2) is 0 Å². The molecule has 3 heterocycles. The van der Waals surface area contributed by atoms with Gasteiger partial charge in [-0.3, -0.25) is 24.0 Å². The molecule has 0 aliphatic rings. The van der Waals surface area contributed by atoms with Crippen molar-refractivity contribution in [3.05, 3.63) is 53.9 Å². The van der Waals surface area contributed by atoms with Crippen LogP contribution < -0.4 is 26.6 Å². The summed E-state index contributed by atoms with van der Waals surface area (Å²) in [6, 6.07) is 4.63. The first-order valence-electron chi connectivity index (χ1n) is 13.4. The lowest BCUT2D eigenvalue weighted by Gasteiger charge is -2.10. The standard InChI is InChI=1S/C28H39N9O5/c1-18(38)31-19-12-23(36(5)15-19)27(41)33-21-14-24(37(6)17-21)28(42)32-20-13-22(35(4)16-20)26(40)30-10-8-25(39)29-9-7-11-34(2)3/h12-17H,7-11H2,1-6H3,(H,29,39)(H,30,40)(H,31,38)(H,32,42)(H,33,41). The molecule has 0 aromatic carbocycles. The smallest absolute Gasteiger partial charge is 0.272 e. The molecule has 14 heteroatoms. The SMILES string of the molecule is CC(=O)Nc1cc(C(=O)Nc2cc(C(=O)Nc3cc(C(=O)NCCC(=O)NCCCN(C)C)n(C)c3)n(C)c2)n(C)c1. The van der Waals surface area contributed by atoms with E-state index < -0.39 is 11.8 Å². The van der Waals surface area contributed by atoms with E-state index in [1.807, 2.05) is 19.0 Å². The third-order valence-electron chi connectivity index (χ3n) is 6.29. The Morgan fingerprint density at radius 1 is 0.667 bits per heavy atom. The summed E-state index contributed by atoms with van der Waals surface area (Å²) >= 11 is 0. The fraction of sp³-hybridized carbons (Fsp3) is 0.393. The maximum Gasteiger partial charge on any atom is 0.272 e. The molecule has 0 fully saturated rings. The predicted octanol–water partition coefficient (Wildman–Crippen LogP) is 1.35. The number of rotatable bonds is 13.